The molecule has 0 unspecified atom stereocenters. The predicted octanol–water partition coefficient (Wildman–Crippen LogP) is 3.57. The van der Waals surface area contributed by atoms with Gasteiger partial charge in [-0.3, -0.25) is 4.90 Å². The average molecular weight is 242 g/mol. The lowest BCUT2D eigenvalue weighted by Crippen LogP contribution is -2.18. The van der Waals surface area contributed by atoms with Crippen molar-refractivity contribution in [2.24, 2.45) is 0 Å². The molecule has 0 bridgehead atoms. The van der Waals surface area contributed by atoms with Crippen LogP contribution in [0.3, 0.4) is 0 Å². The highest BCUT2D eigenvalue weighted by molar-refractivity contribution is 5.86. The van der Waals surface area contributed by atoms with E-state index in [2.05, 4.69) is 47.7 Å². The Bertz CT molecular complexity index is 547. The average Bonchev–Trinajstić information content (AvgIpc) is 2.99. The van der Waals surface area contributed by atoms with Gasteiger partial charge in [-0.05, 0) is 50.9 Å². The molecule has 1 aromatic carbocycles. The maximum atomic E-state index is 2.58. The van der Waals surface area contributed by atoms with Crippen molar-refractivity contribution in [3.63, 3.8) is 0 Å². The largest absolute Gasteiger partial charge is 0.347 e. The number of rotatable bonds is 3. The van der Waals surface area contributed by atoms with Crippen molar-refractivity contribution >= 4 is 10.9 Å². The summed E-state index contributed by atoms with van der Waals surface area (Å²) in [6.07, 6.45) is 5.09. The van der Waals surface area contributed by atoms with Crippen LogP contribution in [0.4, 0.5) is 0 Å². The van der Waals surface area contributed by atoms with Gasteiger partial charge in [0, 0.05) is 24.7 Å². The van der Waals surface area contributed by atoms with Gasteiger partial charge in [0.2, 0.25) is 0 Å². The molecule has 0 spiro atoms. The molecule has 96 valence electrons. The molecule has 1 aliphatic heterocycles. The Labute approximate surface area is 109 Å². The zero-order valence-corrected chi connectivity index (χ0v) is 11.4. The van der Waals surface area contributed by atoms with Gasteiger partial charge in [-0.2, -0.15) is 0 Å². The molecule has 1 saturated heterocycles. The first-order chi connectivity index (χ1) is 8.79. The quantitative estimate of drug-likeness (QED) is 0.799. The summed E-state index contributed by atoms with van der Waals surface area (Å²) in [6.45, 7) is 9.16. The molecule has 2 aromatic rings. The van der Waals surface area contributed by atoms with Gasteiger partial charge < -0.3 is 4.57 Å². The first kappa shape index (κ1) is 11.8. The molecule has 2 heteroatoms. The minimum atomic E-state index is 1.06. The summed E-state index contributed by atoms with van der Waals surface area (Å²) < 4.78 is 2.40. The van der Waals surface area contributed by atoms with Crippen LogP contribution >= 0.6 is 0 Å². The van der Waals surface area contributed by atoms with Crippen molar-refractivity contribution in [2.45, 2.75) is 39.8 Å². The van der Waals surface area contributed by atoms with E-state index in [0.717, 1.165) is 13.1 Å². The number of hydrogen-bond acceptors (Lipinski definition) is 1. The Morgan fingerprint density at radius 1 is 1.17 bits per heavy atom. The van der Waals surface area contributed by atoms with Gasteiger partial charge in [0.1, 0.15) is 0 Å². The van der Waals surface area contributed by atoms with E-state index in [-0.39, 0.29) is 0 Å². The number of fused-ring (bicyclic) bond motifs is 1. The highest BCUT2D eigenvalue weighted by atomic mass is 15.1. The van der Waals surface area contributed by atoms with E-state index >= 15 is 0 Å². The zero-order chi connectivity index (χ0) is 12.5. The van der Waals surface area contributed by atoms with Crippen LogP contribution in [0.2, 0.25) is 0 Å². The summed E-state index contributed by atoms with van der Waals surface area (Å²) in [4.78, 5) is 2.58. The smallest absolute Gasteiger partial charge is 0.0513 e. The third kappa shape index (κ3) is 1.95. The van der Waals surface area contributed by atoms with Crippen LogP contribution in [0.5, 0.6) is 0 Å². The number of nitrogens with zero attached hydrogens (tertiary/aromatic N) is 2. The molecule has 1 aliphatic rings. The van der Waals surface area contributed by atoms with E-state index in [4.69, 9.17) is 0 Å². The van der Waals surface area contributed by atoms with Crippen molar-refractivity contribution in [3.8, 4) is 0 Å². The van der Waals surface area contributed by atoms with Crippen LogP contribution in [0.1, 0.15) is 30.9 Å². The molecule has 0 saturated carbocycles. The summed E-state index contributed by atoms with van der Waals surface area (Å²) in [5.74, 6) is 0. The van der Waals surface area contributed by atoms with E-state index in [1.165, 1.54) is 48.0 Å². The lowest BCUT2D eigenvalue weighted by Gasteiger charge is -2.13. The van der Waals surface area contributed by atoms with Gasteiger partial charge in [0.15, 0.2) is 0 Å². The molecule has 0 atom stereocenters. The van der Waals surface area contributed by atoms with Crippen LogP contribution in [-0.4, -0.2) is 22.6 Å². The van der Waals surface area contributed by atoms with Crippen molar-refractivity contribution in [1.29, 1.82) is 0 Å². The highest BCUT2D eigenvalue weighted by Crippen LogP contribution is 2.26. The number of para-hydroxylation sites is 1. The summed E-state index contributed by atoms with van der Waals surface area (Å²) in [5, 5.41) is 1.45. The monoisotopic (exact) mass is 242 g/mol. The zero-order valence-electron chi connectivity index (χ0n) is 11.4. The van der Waals surface area contributed by atoms with Gasteiger partial charge in [-0.15, -0.1) is 0 Å². The maximum Gasteiger partial charge on any atom is 0.0513 e. The van der Waals surface area contributed by atoms with Crippen molar-refractivity contribution < 1.29 is 0 Å². The SMILES string of the molecule is CCn1cc(CN2CCCC2)c2cccc(C)c21. The molecule has 1 aromatic heterocycles. The molecule has 1 fully saturated rings. The molecule has 0 N–H and O–H groups in total. The van der Waals surface area contributed by atoms with Crippen molar-refractivity contribution in [1.82, 2.24) is 9.47 Å². The summed E-state index contributed by atoms with van der Waals surface area (Å²) in [7, 11) is 0. The van der Waals surface area contributed by atoms with Crippen LogP contribution in [-0.2, 0) is 13.1 Å². The Morgan fingerprint density at radius 2 is 1.94 bits per heavy atom. The number of likely N-dealkylation sites (tertiary alicyclic amines) is 1. The molecule has 0 radical (unpaired) electrons. The third-order valence-electron chi connectivity index (χ3n) is 4.12. The highest BCUT2D eigenvalue weighted by Gasteiger charge is 2.15. The Hall–Kier alpha value is -1.28. The van der Waals surface area contributed by atoms with Crippen LogP contribution in [0, 0.1) is 6.92 Å². The van der Waals surface area contributed by atoms with E-state index < -0.39 is 0 Å². The fraction of sp³-hybridized carbons (Fsp3) is 0.500. The number of hydrogen-bond donors (Lipinski definition) is 0. The van der Waals surface area contributed by atoms with Gasteiger partial charge in [-0.25, -0.2) is 0 Å². The number of aryl methyl sites for hydroxylation is 2. The minimum Gasteiger partial charge on any atom is -0.347 e. The van der Waals surface area contributed by atoms with Crippen LogP contribution in [0.25, 0.3) is 10.9 Å². The van der Waals surface area contributed by atoms with E-state index in [1.807, 2.05) is 0 Å². The molecule has 3 rings (SSSR count). The standard InChI is InChI=1S/C16H22N2/c1-3-18-12-14(11-17-9-4-5-10-17)15-8-6-7-13(2)16(15)18/h6-8,12H,3-5,9-11H2,1-2H3. The first-order valence-corrected chi connectivity index (χ1v) is 7.09. The van der Waals surface area contributed by atoms with Gasteiger partial charge >= 0.3 is 0 Å². The van der Waals surface area contributed by atoms with Crippen LogP contribution < -0.4 is 0 Å². The first-order valence-electron chi connectivity index (χ1n) is 7.09. The molecule has 2 nitrogen and oxygen atoms in total. The maximum absolute atomic E-state index is 2.58. The summed E-state index contributed by atoms with van der Waals surface area (Å²) in [6, 6.07) is 6.68. The predicted molar refractivity (Wildman–Crippen MR) is 76.9 cm³/mol. The third-order valence-corrected chi connectivity index (χ3v) is 4.12. The van der Waals surface area contributed by atoms with Gasteiger partial charge in [-0.1, -0.05) is 18.2 Å². The second-order valence-corrected chi connectivity index (χ2v) is 5.39. The topological polar surface area (TPSA) is 8.17 Å². The van der Waals surface area contributed by atoms with Crippen LogP contribution in [0.15, 0.2) is 24.4 Å². The second-order valence-electron chi connectivity index (χ2n) is 5.39. The minimum absolute atomic E-state index is 1.06. The Balaban J connectivity index is 2.03. The van der Waals surface area contributed by atoms with Crippen molar-refractivity contribution in [2.75, 3.05) is 13.1 Å². The second kappa shape index (κ2) is 4.77. The lowest BCUT2D eigenvalue weighted by molar-refractivity contribution is 0.332. The summed E-state index contributed by atoms with van der Waals surface area (Å²) in [5.41, 5.74) is 4.31. The Morgan fingerprint density at radius 3 is 2.67 bits per heavy atom. The van der Waals surface area contributed by atoms with E-state index in [0.29, 0.717) is 0 Å². The molecular weight excluding hydrogens is 220 g/mol. The fourth-order valence-corrected chi connectivity index (χ4v) is 3.18. The number of benzene rings is 1. The molecule has 0 amide bonds. The number of aromatic nitrogens is 1. The Kier molecular flexibility index (Phi) is 3.13. The summed E-state index contributed by atoms with van der Waals surface area (Å²) >= 11 is 0. The van der Waals surface area contributed by atoms with Gasteiger partial charge in [0.05, 0.1) is 5.52 Å². The van der Waals surface area contributed by atoms with E-state index in [1.54, 1.807) is 0 Å². The normalized spacial score (nSPS) is 16.8. The molecule has 2 heterocycles. The molecule has 18 heavy (non-hydrogen) atoms. The van der Waals surface area contributed by atoms with E-state index in [9.17, 15) is 0 Å². The molecule has 0 aliphatic carbocycles. The lowest BCUT2D eigenvalue weighted by atomic mass is 10.1. The molecular formula is C16H22N2. The fourth-order valence-electron chi connectivity index (χ4n) is 3.18. The van der Waals surface area contributed by atoms with Gasteiger partial charge in [0.25, 0.3) is 0 Å². The van der Waals surface area contributed by atoms with Crippen molar-refractivity contribution in [3.05, 3.63) is 35.5 Å².